The molecule has 1 aliphatic heterocycles. The van der Waals surface area contributed by atoms with Gasteiger partial charge in [0.25, 0.3) is 0 Å². The van der Waals surface area contributed by atoms with Crippen LogP contribution in [0.4, 0.5) is 22.0 Å². The number of hydrogen-bond acceptors (Lipinski definition) is 7. The van der Waals surface area contributed by atoms with E-state index in [1.54, 1.807) is 20.5 Å². The van der Waals surface area contributed by atoms with Crippen LogP contribution in [0.5, 0.6) is 11.5 Å². The molecular weight excluding hydrogens is 432 g/mol. The van der Waals surface area contributed by atoms with E-state index in [0.717, 1.165) is 41.2 Å². The highest BCUT2D eigenvalue weighted by atomic mass is 16.5. The summed E-state index contributed by atoms with van der Waals surface area (Å²) < 4.78 is 10.9. The summed E-state index contributed by atoms with van der Waals surface area (Å²) in [4.78, 5) is 28.0. The van der Waals surface area contributed by atoms with E-state index < -0.39 is 0 Å². The summed E-state index contributed by atoms with van der Waals surface area (Å²) >= 11 is 0. The van der Waals surface area contributed by atoms with Crippen LogP contribution in [-0.4, -0.2) is 74.4 Å². The van der Waals surface area contributed by atoms with E-state index in [0.29, 0.717) is 37.7 Å². The fraction of sp³-hybridized carbons (Fsp3) is 0.400. The third-order valence-electron chi connectivity index (χ3n) is 6.23. The SMILES string of the molecule is CCN(CC)c1ccc(NC(=O)N2CCN(c3ncnc4cc(OC)c(OC)cc34)CC2)cc1. The third-order valence-corrected chi connectivity index (χ3v) is 6.23. The molecule has 2 heterocycles. The van der Waals surface area contributed by atoms with Crippen LogP contribution in [0.2, 0.25) is 0 Å². The Labute approximate surface area is 200 Å². The number of anilines is 3. The van der Waals surface area contributed by atoms with Gasteiger partial charge in [0.15, 0.2) is 11.5 Å². The lowest BCUT2D eigenvalue weighted by Crippen LogP contribution is -2.50. The summed E-state index contributed by atoms with van der Waals surface area (Å²) in [6.45, 7) is 8.73. The highest BCUT2D eigenvalue weighted by Gasteiger charge is 2.24. The number of aromatic nitrogens is 2. The zero-order chi connectivity index (χ0) is 24.1. The van der Waals surface area contributed by atoms with Crippen LogP contribution in [0.1, 0.15) is 13.8 Å². The van der Waals surface area contributed by atoms with Crippen molar-refractivity contribution in [1.82, 2.24) is 14.9 Å². The summed E-state index contributed by atoms with van der Waals surface area (Å²) in [5, 5.41) is 3.91. The van der Waals surface area contributed by atoms with Gasteiger partial charge in [-0.3, -0.25) is 0 Å². The zero-order valence-corrected chi connectivity index (χ0v) is 20.2. The molecule has 9 heteroatoms. The lowest BCUT2D eigenvalue weighted by atomic mass is 10.2. The van der Waals surface area contributed by atoms with E-state index in [4.69, 9.17) is 9.47 Å². The van der Waals surface area contributed by atoms with Crippen molar-refractivity contribution < 1.29 is 14.3 Å². The van der Waals surface area contributed by atoms with Gasteiger partial charge in [0.1, 0.15) is 12.1 Å². The van der Waals surface area contributed by atoms with E-state index in [1.807, 2.05) is 41.3 Å². The van der Waals surface area contributed by atoms with Gasteiger partial charge < -0.3 is 29.5 Å². The molecule has 1 aliphatic rings. The quantitative estimate of drug-likeness (QED) is 0.569. The summed E-state index contributed by atoms with van der Waals surface area (Å²) in [5.74, 6) is 2.10. The number of ether oxygens (including phenoxy) is 2. The maximum absolute atomic E-state index is 12.8. The Morgan fingerprint density at radius 3 is 2.24 bits per heavy atom. The smallest absolute Gasteiger partial charge is 0.321 e. The number of hydrogen-bond donors (Lipinski definition) is 1. The van der Waals surface area contributed by atoms with Gasteiger partial charge in [-0.05, 0) is 44.2 Å². The van der Waals surface area contributed by atoms with Crippen molar-refractivity contribution in [2.75, 3.05) is 68.6 Å². The third kappa shape index (κ3) is 4.78. The van der Waals surface area contributed by atoms with Gasteiger partial charge in [-0.25, -0.2) is 14.8 Å². The Bertz CT molecular complexity index is 1130. The molecule has 3 aromatic rings. The predicted molar refractivity (Wildman–Crippen MR) is 135 cm³/mol. The summed E-state index contributed by atoms with van der Waals surface area (Å²) in [6.07, 6.45) is 1.56. The first-order valence-corrected chi connectivity index (χ1v) is 11.6. The molecule has 34 heavy (non-hydrogen) atoms. The molecule has 1 saturated heterocycles. The van der Waals surface area contributed by atoms with Gasteiger partial charge in [-0.15, -0.1) is 0 Å². The number of methoxy groups -OCH3 is 2. The summed E-state index contributed by atoms with van der Waals surface area (Å²) in [5.41, 5.74) is 2.74. The van der Waals surface area contributed by atoms with Gasteiger partial charge in [-0.2, -0.15) is 0 Å². The van der Waals surface area contributed by atoms with Crippen LogP contribution in [0.15, 0.2) is 42.7 Å². The van der Waals surface area contributed by atoms with Gasteiger partial charge in [0.05, 0.1) is 19.7 Å². The van der Waals surface area contributed by atoms with Crippen LogP contribution in [0.3, 0.4) is 0 Å². The van der Waals surface area contributed by atoms with Crippen LogP contribution in [0, 0.1) is 0 Å². The van der Waals surface area contributed by atoms with Gasteiger partial charge in [0.2, 0.25) is 0 Å². The molecule has 1 fully saturated rings. The van der Waals surface area contributed by atoms with Crippen molar-refractivity contribution in [2.45, 2.75) is 13.8 Å². The lowest BCUT2D eigenvalue weighted by molar-refractivity contribution is 0.208. The van der Waals surface area contributed by atoms with Crippen LogP contribution >= 0.6 is 0 Å². The van der Waals surface area contributed by atoms with E-state index in [2.05, 4.69) is 38.9 Å². The van der Waals surface area contributed by atoms with E-state index in [1.165, 1.54) is 0 Å². The second kappa shape index (κ2) is 10.5. The van der Waals surface area contributed by atoms with E-state index >= 15 is 0 Å². The maximum Gasteiger partial charge on any atom is 0.321 e. The average molecular weight is 465 g/mol. The number of carbonyl (C=O) groups excluding carboxylic acids is 1. The molecule has 0 aliphatic carbocycles. The number of nitrogens with zero attached hydrogens (tertiary/aromatic N) is 5. The predicted octanol–water partition coefficient (Wildman–Crippen LogP) is 3.85. The highest BCUT2D eigenvalue weighted by Crippen LogP contribution is 2.35. The molecule has 1 aromatic heterocycles. The molecule has 180 valence electrons. The Kier molecular flexibility index (Phi) is 7.20. The molecule has 4 rings (SSSR count). The molecule has 0 spiro atoms. The standard InChI is InChI=1S/C25H32N6O3/c1-5-29(6-2)19-9-7-18(8-10-19)28-25(32)31-13-11-30(12-14-31)24-20-15-22(33-3)23(34-4)16-21(20)26-17-27-24/h7-10,15-17H,5-6,11-14H2,1-4H3,(H,28,32). The second-order valence-corrected chi connectivity index (χ2v) is 8.05. The first kappa shape index (κ1) is 23.4. The van der Waals surface area contributed by atoms with Gasteiger partial charge >= 0.3 is 6.03 Å². The van der Waals surface area contributed by atoms with E-state index in [9.17, 15) is 4.79 Å². The Hall–Kier alpha value is -3.75. The minimum absolute atomic E-state index is 0.0887. The molecule has 0 bridgehead atoms. The first-order valence-electron chi connectivity index (χ1n) is 11.6. The number of urea groups is 1. The number of benzene rings is 2. The van der Waals surface area contributed by atoms with Crippen LogP contribution in [-0.2, 0) is 0 Å². The molecule has 2 amide bonds. The topological polar surface area (TPSA) is 83.1 Å². The van der Waals surface area contributed by atoms with Gasteiger partial charge in [0, 0.05) is 62.1 Å². The first-order chi connectivity index (χ1) is 16.6. The van der Waals surface area contributed by atoms with Gasteiger partial charge in [-0.1, -0.05) is 0 Å². The number of nitrogens with one attached hydrogen (secondary N) is 1. The van der Waals surface area contributed by atoms with Crippen LogP contribution in [0.25, 0.3) is 10.9 Å². The number of rotatable bonds is 7. The molecular formula is C25H32N6O3. The number of carbonyl (C=O) groups is 1. The minimum Gasteiger partial charge on any atom is -0.493 e. The highest BCUT2D eigenvalue weighted by molar-refractivity contribution is 5.92. The molecule has 9 nitrogen and oxygen atoms in total. The largest absolute Gasteiger partial charge is 0.493 e. The van der Waals surface area contributed by atoms with Crippen molar-refractivity contribution in [3.8, 4) is 11.5 Å². The molecule has 1 N–H and O–H groups in total. The van der Waals surface area contributed by atoms with Crippen LogP contribution < -0.4 is 24.6 Å². The molecule has 2 aromatic carbocycles. The Balaban J connectivity index is 1.41. The number of fused-ring (bicyclic) bond motifs is 1. The molecule has 0 radical (unpaired) electrons. The van der Waals surface area contributed by atoms with Crippen molar-refractivity contribution in [3.05, 3.63) is 42.7 Å². The molecule has 0 atom stereocenters. The van der Waals surface area contributed by atoms with Crippen molar-refractivity contribution in [2.24, 2.45) is 0 Å². The summed E-state index contributed by atoms with van der Waals surface area (Å²) in [7, 11) is 3.22. The lowest BCUT2D eigenvalue weighted by Gasteiger charge is -2.35. The molecule has 0 unspecified atom stereocenters. The Morgan fingerprint density at radius 2 is 1.62 bits per heavy atom. The fourth-order valence-corrected chi connectivity index (χ4v) is 4.29. The monoisotopic (exact) mass is 464 g/mol. The van der Waals surface area contributed by atoms with Crippen molar-refractivity contribution in [3.63, 3.8) is 0 Å². The second-order valence-electron chi connectivity index (χ2n) is 8.05. The van der Waals surface area contributed by atoms with Crippen molar-refractivity contribution >= 4 is 34.1 Å². The zero-order valence-electron chi connectivity index (χ0n) is 20.2. The Morgan fingerprint density at radius 1 is 0.971 bits per heavy atom. The van der Waals surface area contributed by atoms with E-state index in [-0.39, 0.29) is 6.03 Å². The maximum atomic E-state index is 12.8. The number of piperazine rings is 1. The number of amides is 2. The fourth-order valence-electron chi connectivity index (χ4n) is 4.29. The summed E-state index contributed by atoms with van der Waals surface area (Å²) in [6, 6.07) is 11.7. The average Bonchev–Trinajstić information content (AvgIpc) is 2.89. The normalized spacial score (nSPS) is 13.6. The minimum atomic E-state index is -0.0887. The molecule has 0 saturated carbocycles. The van der Waals surface area contributed by atoms with Crippen molar-refractivity contribution in [1.29, 1.82) is 0 Å².